The first kappa shape index (κ1) is 15.6. The first-order chi connectivity index (χ1) is 12.1. The molecule has 2 aromatic carbocycles. The van der Waals surface area contributed by atoms with Gasteiger partial charge in [-0.2, -0.15) is 0 Å². The second kappa shape index (κ2) is 6.18. The van der Waals surface area contributed by atoms with Crippen LogP contribution < -0.4 is 5.32 Å². The summed E-state index contributed by atoms with van der Waals surface area (Å²) in [6.07, 6.45) is 1.55. The van der Waals surface area contributed by atoms with Gasteiger partial charge in [0.15, 0.2) is 0 Å². The van der Waals surface area contributed by atoms with Crippen LogP contribution >= 0.6 is 11.3 Å². The van der Waals surface area contributed by atoms with Crippen molar-refractivity contribution in [3.05, 3.63) is 65.3 Å². The van der Waals surface area contributed by atoms with E-state index in [0.717, 1.165) is 26.9 Å². The Morgan fingerprint density at radius 2 is 1.72 bits per heavy atom. The van der Waals surface area contributed by atoms with Crippen LogP contribution in [0.4, 0.5) is 11.5 Å². The zero-order valence-corrected chi connectivity index (χ0v) is 14.8. The molecule has 0 aliphatic rings. The normalized spacial score (nSPS) is 11.0. The zero-order valence-electron chi connectivity index (χ0n) is 13.9. The largest absolute Gasteiger partial charge is 0.506 e. The number of anilines is 2. The van der Waals surface area contributed by atoms with E-state index >= 15 is 0 Å². The standard InChI is InChI=1S/C20H17N3OS/c1-12-3-6-14(7-4-12)15-10-25-20-18(15)19(21-11-22-20)23-16-8-5-13(2)9-17(16)24/h3-11,24H,1-2H3,(H,21,22,23). The van der Waals surface area contributed by atoms with Gasteiger partial charge < -0.3 is 10.4 Å². The first-order valence-electron chi connectivity index (χ1n) is 7.98. The van der Waals surface area contributed by atoms with Crippen molar-refractivity contribution in [2.75, 3.05) is 5.32 Å². The number of thiophene rings is 1. The lowest BCUT2D eigenvalue weighted by Crippen LogP contribution is -1.96. The van der Waals surface area contributed by atoms with Gasteiger partial charge in [0.25, 0.3) is 0 Å². The van der Waals surface area contributed by atoms with E-state index in [1.165, 1.54) is 5.56 Å². The fourth-order valence-corrected chi connectivity index (χ4v) is 3.71. The maximum absolute atomic E-state index is 10.2. The number of hydrogen-bond donors (Lipinski definition) is 2. The average Bonchev–Trinajstić information content (AvgIpc) is 3.03. The van der Waals surface area contributed by atoms with E-state index < -0.39 is 0 Å². The molecule has 4 rings (SSSR count). The minimum atomic E-state index is 0.207. The van der Waals surface area contributed by atoms with Gasteiger partial charge in [-0.3, -0.25) is 0 Å². The lowest BCUT2D eigenvalue weighted by molar-refractivity contribution is 0.477. The highest BCUT2D eigenvalue weighted by molar-refractivity contribution is 7.17. The summed E-state index contributed by atoms with van der Waals surface area (Å²) in [6, 6.07) is 14.0. The summed E-state index contributed by atoms with van der Waals surface area (Å²) >= 11 is 1.59. The molecule has 0 amide bonds. The van der Waals surface area contributed by atoms with Gasteiger partial charge in [-0.05, 0) is 37.1 Å². The molecule has 0 saturated carbocycles. The lowest BCUT2D eigenvalue weighted by atomic mass is 10.0. The molecule has 2 N–H and O–H groups in total. The minimum Gasteiger partial charge on any atom is -0.506 e. The number of phenolic OH excluding ortho intramolecular Hbond substituents is 1. The molecule has 0 aliphatic carbocycles. The van der Waals surface area contributed by atoms with Gasteiger partial charge in [-0.15, -0.1) is 11.3 Å². The molecule has 0 fully saturated rings. The number of aromatic hydroxyl groups is 1. The van der Waals surface area contributed by atoms with Crippen molar-refractivity contribution >= 4 is 33.1 Å². The van der Waals surface area contributed by atoms with Crippen LogP contribution in [-0.2, 0) is 0 Å². The number of phenols is 1. The van der Waals surface area contributed by atoms with Crippen LogP contribution in [0.1, 0.15) is 11.1 Å². The number of aryl methyl sites for hydroxylation is 2. The highest BCUT2D eigenvalue weighted by Crippen LogP contribution is 2.38. The number of hydrogen-bond acceptors (Lipinski definition) is 5. The first-order valence-corrected chi connectivity index (χ1v) is 8.85. The van der Waals surface area contributed by atoms with Gasteiger partial charge in [0.05, 0.1) is 11.1 Å². The van der Waals surface area contributed by atoms with Crippen molar-refractivity contribution in [1.29, 1.82) is 0 Å². The summed E-state index contributed by atoms with van der Waals surface area (Å²) < 4.78 is 0. The van der Waals surface area contributed by atoms with Gasteiger partial charge >= 0.3 is 0 Å². The maximum atomic E-state index is 10.2. The average molecular weight is 347 g/mol. The molecule has 4 aromatic rings. The summed E-state index contributed by atoms with van der Waals surface area (Å²) in [5, 5.41) is 16.5. The molecular formula is C20H17N3OS. The Bertz CT molecular complexity index is 1050. The van der Waals surface area contributed by atoms with Crippen molar-refractivity contribution in [2.45, 2.75) is 13.8 Å². The van der Waals surface area contributed by atoms with Gasteiger partial charge in [0.2, 0.25) is 0 Å². The maximum Gasteiger partial charge on any atom is 0.143 e. The molecule has 0 spiro atoms. The van der Waals surface area contributed by atoms with Crippen LogP contribution in [0, 0.1) is 13.8 Å². The number of nitrogens with zero attached hydrogens (tertiary/aromatic N) is 2. The summed E-state index contributed by atoms with van der Waals surface area (Å²) in [5.41, 5.74) is 5.08. The van der Waals surface area contributed by atoms with E-state index in [-0.39, 0.29) is 5.75 Å². The van der Waals surface area contributed by atoms with E-state index in [4.69, 9.17) is 0 Å². The summed E-state index contributed by atoms with van der Waals surface area (Å²) in [4.78, 5) is 9.72. The topological polar surface area (TPSA) is 58.0 Å². The molecule has 124 valence electrons. The fourth-order valence-electron chi connectivity index (χ4n) is 2.79. The smallest absolute Gasteiger partial charge is 0.143 e. The van der Waals surface area contributed by atoms with Crippen molar-refractivity contribution in [3.63, 3.8) is 0 Å². The summed E-state index contributed by atoms with van der Waals surface area (Å²) in [6.45, 7) is 4.02. The molecule has 0 radical (unpaired) electrons. The van der Waals surface area contributed by atoms with Crippen molar-refractivity contribution in [2.24, 2.45) is 0 Å². The quantitative estimate of drug-likeness (QED) is 0.486. The van der Waals surface area contributed by atoms with Crippen molar-refractivity contribution in [3.8, 4) is 16.9 Å². The summed E-state index contributed by atoms with van der Waals surface area (Å²) in [5.74, 6) is 0.903. The Morgan fingerprint density at radius 3 is 2.48 bits per heavy atom. The van der Waals surface area contributed by atoms with E-state index in [1.807, 2.05) is 19.1 Å². The predicted octanol–water partition coefficient (Wildman–Crippen LogP) is 5.42. The van der Waals surface area contributed by atoms with Crippen LogP contribution in [0.2, 0.25) is 0 Å². The Balaban J connectivity index is 1.84. The fraction of sp³-hybridized carbons (Fsp3) is 0.100. The second-order valence-corrected chi connectivity index (χ2v) is 6.92. The monoisotopic (exact) mass is 347 g/mol. The van der Waals surface area contributed by atoms with E-state index in [0.29, 0.717) is 11.5 Å². The molecule has 2 heterocycles. The molecule has 0 aliphatic heterocycles. The third-order valence-corrected chi connectivity index (χ3v) is 5.03. The second-order valence-electron chi connectivity index (χ2n) is 6.06. The molecular weight excluding hydrogens is 330 g/mol. The lowest BCUT2D eigenvalue weighted by Gasteiger charge is -2.10. The van der Waals surface area contributed by atoms with E-state index in [9.17, 15) is 5.11 Å². The van der Waals surface area contributed by atoms with Crippen LogP contribution in [-0.4, -0.2) is 15.1 Å². The third kappa shape index (κ3) is 2.94. The zero-order chi connectivity index (χ0) is 17.4. The molecule has 0 saturated heterocycles. The number of aromatic nitrogens is 2. The van der Waals surface area contributed by atoms with Gasteiger partial charge in [0.1, 0.15) is 22.7 Å². The van der Waals surface area contributed by atoms with Gasteiger partial charge in [-0.25, -0.2) is 9.97 Å². The molecule has 4 nitrogen and oxygen atoms in total. The Hall–Kier alpha value is -2.92. The Morgan fingerprint density at radius 1 is 0.960 bits per heavy atom. The number of rotatable bonds is 3. The Kier molecular flexibility index (Phi) is 3.86. The Labute approximate surface area is 149 Å². The summed E-state index contributed by atoms with van der Waals surface area (Å²) in [7, 11) is 0. The third-order valence-electron chi connectivity index (χ3n) is 4.14. The highest BCUT2D eigenvalue weighted by atomic mass is 32.1. The van der Waals surface area contributed by atoms with Crippen LogP contribution in [0.25, 0.3) is 21.3 Å². The molecule has 0 unspecified atom stereocenters. The van der Waals surface area contributed by atoms with E-state index in [2.05, 4.69) is 51.9 Å². The van der Waals surface area contributed by atoms with Crippen molar-refractivity contribution < 1.29 is 5.11 Å². The van der Waals surface area contributed by atoms with E-state index in [1.54, 1.807) is 23.7 Å². The molecule has 0 atom stereocenters. The van der Waals surface area contributed by atoms with Crippen molar-refractivity contribution in [1.82, 2.24) is 9.97 Å². The number of nitrogens with one attached hydrogen (secondary N) is 1. The molecule has 5 heteroatoms. The number of fused-ring (bicyclic) bond motifs is 1. The SMILES string of the molecule is Cc1ccc(-c2csc3ncnc(Nc4ccc(C)cc4O)c23)cc1. The van der Waals surface area contributed by atoms with Gasteiger partial charge in [-0.1, -0.05) is 35.9 Å². The van der Waals surface area contributed by atoms with Gasteiger partial charge in [0, 0.05) is 10.9 Å². The molecule has 0 bridgehead atoms. The van der Waals surface area contributed by atoms with Crippen LogP contribution in [0.5, 0.6) is 5.75 Å². The predicted molar refractivity (Wildman–Crippen MR) is 104 cm³/mol. The molecule has 2 aromatic heterocycles. The highest BCUT2D eigenvalue weighted by Gasteiger charge is 2.14. The number of benzene rings is 2. The van der Waals surface area contributed by atoms with Crippen LogP contribution in [0.15, 0.2) is 54.2 Å². The molecule has 25 heavy (non-hydrogen) atoms. The van der Waals surface area contributed by atoms with Crippen LogP contribution in [0.3, 0.4) is 0 Å². The minimum absolute atomic E-state index is 0.207.